The molecule has 0 aliphatic rings. The maximum Gasteiger partial charge on any atom is 0.387 e. The van der Waals surface area contributed by atoms with Gasteiger partial charge in [0.15, 0.2) is 5.96 Å². The van der Waals surface area contributed by atoms with Crippen LogP contribution in [-0.4, -0.2) is 42.8 Å². The molecular weight excluding hydrogens is 471 g/mol. The quantitative estimate of drug-likeness (QED) is 0.242. The lowest BCUT2D eigenvalue weighted by Crippen LogP contribution is -2.37. The number of benzene rings is 1. The molecule has 2 N–H and O–H groups in total. The van der Waals surface area contributed by atoms with Gasteiger partial charge in [0, 0.05) is 44.6 Å². The first kappa shape index (κ1) is 22.9. The van der Waals surface area contributed by atoms with Crippen molar-refractivity contribution in [2.45, 2.75) is 26.1 Å². The summed E-state index contributed by atoms with van der Waals surface area (Å²) in [4.78, 5) is 8.11. The normalized spacial score (nSPS) is 11.1. The third kappa shape index (κ3) is 7.97. The van der Waals surface area contributed by atoms with E-state index in [0.29, 0.717) is 23.8 Å². The second-order valence-electron chi connectivity index (χ2n) is 5.36. The molecule has 1 aromatic carbocycles. The van der Waals surface area contributed by atoms with Crippen LogP contribution in [0.25, 0.3) is 0 Å². The summed E-state index contributed by atoms with van der Waals surface area (Å²) < 4.78 is 36.8. The molecule has 2 aromatic rings. The van der Waals surface area contributed by atoms with Crippen LogP contribution in [0.4, 0.5) is 8.78 Å². The van der Waals surface area contributed by atoms with E-state index < -0.39 is 6.61 Å². The molecule has 0 spiro atoms. The number of nitrogens with one attached hydrogen (secondary N) is 2. The maximum absolute atomic E-state index is 12.6. The van der Waals surface area contributed by atoms with Crippen molar-refractivity contribution in [2.24, 2.45) is 4.99 Å². The Morgan fingerprint density at radius 1 is 1.33 bits per heavy atom. The summed E-state index contributed by atoms with van der Waals surface area (Å²) in [6.07, 6.45) is 6.29. The maximum atomic E-state index is 12.6. The number of aliphatic imine (C=N–C) groups is 1. The number of guanidine groups is 1. The number of hydrogen-bond acceptors (Lipinski definition) is 4. The Bertz CT molecular complexity index is 699. The minimum atomic E-state index is -2.89. The van der Waals surface area contributed by atoms with E-state index in [2.05, 4.69) is 25.3 Å². The zero-order valence-corrected chi connectivity index (χ0v) is 17.5. The van der Waals surface area contributed by atoms with Crippen LogP contribution in [0.15, 0.2) is 41.9 Å². The molecule has 0 aliphatic carbocycles. The van der Waals surface area contributed by atoms with Crippen LogP contribution in [0.2, 0.25) is 0 Å². The molecule has 2 rings (SSSR count). The molecule has 0 unspecified atom stereocenters. The monoisotopic (exact) mass is 495 g/mol. The fourth-order valence-electron chi connectivity index (χ4n) is 2.32. The van der Waals surface area contributed by atoms with Crippen LogP contribution in [-0.2, 0) is 13.1 Å². The van der Waals surface area contributed by atoms with Crippen molar-refractivity contribution in [3.8, 4) is 11.5 Å². The van der Waals surface area contributed by atoms with Crippen molar-refractivity contribution in [3.63, 3.8) is 0 Å². The van der Waals surface area contributed by atoms with Crippen LogP contribution in [0.1, 0.15) is 12.0 Å². The molecule has 0 atom stereocenters. The number of methoxy groups -OCH3 is 1. The van der Waals surface area contributed by atoms with Crippen molar-refractivity contribution in [1.82, 2.24) is 20.2 Å². The molecule has 0 fully saturated rings. The van der Waals surface area contributed by atoms with Crippen LogP contribution >= 0.6 is 24.0 Å². The topological polar surface area (TPSA) is 72.7 Å². The smallest absolute Gasteiger partial charge is 0.387 e. The molecule has 0 saturated carbocycles. The summed E-state index contributed by atoms with van der Waals surface area (Å²) in [5.74, 6) is 1.23. The number of ether oxygens (including phenoxy) is 2. The lowest BCUT2D eigenvalue weighted by atomic mass is 10.2. The summed E-state index contributed by atoms with van der Waals surface area (Å²) in [6, 6.07) is 4.69. The van der Waals surface area contributed by atoms with Crippen molar-refractivity contribution >= 4 is 29.9 Å². The minimum absolute atomic E-state index is 0. The Hall–Kier alpha value is -2.11. The minimum Gasteiger partial charge on any atom is -0.497 e. The molecular formula is C17H24F2IN5O2. The fourth-order valence-corrected chi connectivity index (χ4v) is 2.32. The average Bonchev–Trinajstić information content (AvgIpc) is 3.15. The number of nitrogens with zero attached hydrogens (tertiary/aromatic N) is 3. The summed E-state index contributed by atoms with van der Waals surface area (Å²) in [5, 5.41) is 6.26. The van der Waals surface area contributed by atoms with Gasteiger partial charge >= 0.3 is 6.61 Å². The number of aryl methyl sites for hydroxylation is 1. The molecule has 27 heavy (non-hydrogen) atoms. The predicted octanol–water partition coefficient (Wildman–Crippen LogP) is 2.87. The summed E-state index contributed by atoms with van der Waals surface area (Å²) in [5.41, 5.74) is 0.547. The number of alkyl halides is 2. The molecule has 1 heterocycles. The number of aromatic nitrogens is 2. The van der Waals surface area contributed by atoms with Gasteiger partial charge in [-0.3, -0.25) is 4.99 Å². The van der Waals surface area contributed by atoms with Crippen LogP contribution in [0.5, 0.6) is 11.5 Å². The number of hydrogen-bond donors (Lipinski definition) is 2. The second-order valence-corrected chi connectivity index (χ2v) is 5.36. The molecule has 7 nitrogen and oxygen atoms in total. The van der Waals surface area contributed by atoms with E-state index in [1.807, 2.05) is 10.8 Å². The van der Waals surface area contributed by atoms with E-state index in [1.165, 1.54) is 13.2 Å². The van der Waals surface area contributed by atoms with Gasteiger partial charge in [-0.25, -0.2) is 4.98 Å². The first-order chi connectivity index (χ1) is 12.6. The van der Waals surface area contributed by atoms with Gasteiger partial charge in [-0.1, -0.05) is 0 Å². The second kappa shape index (κ2) is 12.3. The number of halogens is 3. The summed E-state index contributed by atoms with van der Waals surface area (Å²) in [7, 11) is 3.16. The molecule has 0 bridgehead atoms. The van der Waals surface area contributed by atoms with Gasteiger partial charge in [0.05, 0.1) is 13.4 Å². The first-order valence-corrected chi connectivity index (χ1v) is 8.14. The van der Waals surface area contributed by atoms with Gasteiger partial charge in [-0.15, -0.1) is 24.0 Å². The number of imidazole rings is 1. The van der Waals surface area contributed by atoms with Gasteiger partial charge in [0.1, 0.15) is 11.5 Å². The van der Waals surface area contributed by atoms with Crippen molar-refractivity contribution in [1.29, 1.82) is 0 Å². The third-order valence-electron chi connectivity index (χ3n) is 3.60. The molecule has 0 radical (unpaired) electrons. The van der Waals surface area contributed by atoms with E-state index in [4.69, 9.17) is 4.74 Å². The molecule has 10 heteroatoms. The first-order valence-electron chi connectivity index (χ1n) is 8.14. The fraction of sp³-hybridized carbons (Fsp3) is 0.412. The van der Waals surface area contributed by atoms with Crippen LogP contribution < -0.4 is 20.1 Å². The average molecular weight is 495 g/mol. The van der Waals surface area contributed by atoms with E-state index in [-0.39, 0.29) is 36.3 Å². The van der Waals surface area contributed by atoms with Gasteiger partial charge < -0.3 is 24.7 Å². The standard InChI is InChI=1S/C17H23F2N5O2.HI/c1-20-17(22-6-3-8-24-9-7-21-12-24)23-11-13-10-14(25-2)4-5-15(13)26-16(18)19;/h4-5,7,9-10,12,16H,3,6,8,11H2,1-2H3,(H2,20,22,23);1H. The lowest BCUT2D eigenvalue weighted by molar-refractivity contribution is -0.0504. The highest BCUT2D eigenvalue weighted by Gasteiger charge is 2.11. The zero-order valence-electron chi connectivity index (χ0n) is 15.2. The highest BCUT2D eigenvalue weighted by atomic mass is 127. The van der Waals surface area contributed by atoms with Crippen molar-refractivity contribution < 1.29 is 18.3 Å². The Balaban J connectivity index is 0.00000364. The third-order valence-corrected chi connectivity index (χ3v) is 3.60. The molecule has 0 aliphatic heterocycles. The van der Waals surface area contributed by atoms with E-state index in [1.54, 1.807) is 31.7 Å². The summed E-state index contributed by atoms with van der Waals surface area (Å²) >= 11 is 0. The predicted molar refractivity (Wildman–Crippen MR) is 110 cm³/mol. The van der Waals surface area contributed by atoms with Gasteiger partial charge in [0.2, 0.25) is 0 Å². The zero-order chi connectivity index (χ0) is 18.8. The molecule has 0 amide bonds. The highest BCUT2D eigenvalue weighted by Crippen LogP contribution is 2.25. The molecule has 150 valence electrons. The van der Waals surface area contributed by atoms with Crippen LogP contribution in [0, 0.1) is 0 Å². The van der Waals surface area contributed by atoms with E-state index in [0.717, 1.165) is 13.0 Å². The van der Waals surface area contributed by atoms with Gasteiger partial charge in [0.25, 0.3) is 0 Å². The molecule has 0 saturated heterocycles. The lowest BCUT2D eigenvalue weighted by Gasteiger charge is -2.15. The Morgan fingerprint density at radius 2 is 2.15 bits per heavy atom. The summed E-state index contributed by atoms with van der Waals surface area (Å²) in [6.45, 7) is -1.08. The largest absolute Gasteiger partial charge is 0.497 e. The highest BCUT2D eigenvalue weighted by molar-refractivity contribution is 14.0. The Kier molecular flexibility index (Phi) is 10.5. The SMILES string of the molecule is CN=C(NCCCn1ccnc1)NCc1cc(OC)ccc1OC(F)F.I. The van der Waals surface area contributed by atoms with E-state index in [9.17, 15) is 8.78 Å². The van der Waals surface area contributed by atoms with Crippen molar-refractivity contribution in [2.75, 3.05) is 20.7 Å². The number of rotatable bonds is 9. The Labute approximate surface area is 174 Å². The van der Waals surface area contributed by atoms with Gasteiger partial charge in [-0.2, -0.15) is 8.78 Å². The van der Waals surface area contributed by atoms with E-state index >= 15 is 0 Å². The van der Waals surface area contributed by atoms with Gasteiger partial charge in [-0.05, 0) is 24.6 Å². The van der Waals surface area contributed by atoms with Crippen LogP contribution in [0.3, 0.4) is 0 Å². The van der Waals surface area contributed by atoms with Crippen molar-refractivity contribution in [3.05, 3.63) is 42.5 Å². The Morgan fingerprint density at radius 3 is 2.78 bits per heavy atom. The molecule has 1 aromatic heterocycles.